The molecule has 0 bridgehead atoms. The van der Waals surface area contributed by atoms with Gasteiger partial charge in [-0.2, -0.15) is 0 Å². The number of thiocarbonyl (C=S) groups is 1. The van der Waals surface area contributed by atoms with Crippen LogP contribution in [0.3, 0.4) is 0 Å². The van der Waals surface area contributed by atoms with E-state index in [0.717, 1.165) is 41.4 Å². The summed E-state index contributed by atoms with van der Waals surface area (Å²) >= 11 is 5.89. The Hall–Kier alpha value is -3.71. The molecule has 6 rings (SSSR count). The maximum absolute atomic E-state index is 6.20. The fraction of sp³-hybridized carbons (Fsp3) is 0.250. The summed E-state index contributed by atoms with van der Waals surface area (Å²) in [5, 5.41) is 4.22. The van der Waals surface area contributed by atoms with Crippen molar-refractivity contribution in [1.29, 1.82) is 0 Å². The molecule has 176 valence electrons. The van der Waals surface area contributed by atoms with Gasteiger partial charge in [-0.05, 0) is 98.6 Å². The summed E-state index contributed by atoms with van der Waals surface area (Å²) in [6, 6.07) is 22.3. The van der Waals surface area contributed by atoms with Gasteiger partial charge in [0.2, 0.25) is 0 Å². The van der Waals surface area contributed by atoms with Gasteiger partial charge in [0, 0.05) is 30.0 Å². The van der Waals surface area contributed by atoms with Gasteiger partial charge in [-0.3, -0.25) is 9.97 Å². The molecule has 6 nitrogen and oxygen atoms in total. The summed E-state index contributed by atoms with van der Waals surface area (Å²) in [5.41, 5.74) is 4.07. The van der Waals surface area contributed by atoms with Gasteiger partial charge in [0.05, 0.1) is 29.7 Å². The van der Waals surface area contributed by atoms with Crippen molar-refractivity contribution >= 4 is 23.0 Å². The molecule has 7 heteroatoms. The van der Waals surface area contributed by atoms with Crippen molar-refractivity contribution in [3.05, 3.63) is 103 Å². The Bertz CT molecular complexity index is 1290. The monoisotopic (exact) mass is 481 g/mol. The van der Waals surface area contributed by atoms with E-state index >= 15 is 0 Å². The molecule has 2 atom stereocenters. The molecule has 2 aliphatic rings. The number of hydrogen-bond donors (Lipinski definition) is 1. The minimum atomic E-state index is -0.108. The smallest absolute Gasteiger partial charge is 0.174 e. The van der Waals surface area contributed by atoms with Crippen LogP contribution in [0.1, 0.15) is 49.2 Å². The summed E-state index contributed by atoms with van der Waals surface area (Å²) < 4.78 is 8.37. The number of hydrogen-bond acceptors (Lipinski definition) is 4. The van der Waals surface area contributed by atoms with E-state index in [0.29, 0.717) is 11.2 Å². The number of rotatable bonds is 6. The Morgan fingerprint density at radius 1 is 0.886 bits per heavy atom. The molecule has 2 fully saturated rings. The molecule has 2 unspecified atom stereocenters. The van der Waals surface area contributed by atoms with Crippen molar-refractivity contribution in [3.63, 3.8) is 0 Å². The molecule has 1 N–H and O–H groups in total. The van der Waals surface area contributed by atoms with Crippen molar-refractivity contribution in [3.8, 4) is 11.4 Å². The number of benzene rings is 1. The zero-order chi connectivity index (χ0) is 23.6. The Morgan fingerprint density at radius 3 is 2.49 bits per heavy atom. The van der Waals surface area contributed by atoms with Crippen molar-refractivity contribution in [1.82, 2.24) is 19.9 Å². The Kier molecular flexibility index (Phi) is 5.92. The standard InChI is InChI=1S/C28H27N5OS/c35-28-31-26(24-10-3-4-17-30-24)27(25-11-6-18-32(25)21-7-5-16-29-19-21)33(28)20-12-14-23(15-13-20)34-22-8-1-2-9-22/h3-7,10-19,22,26-27H,1-2,8-9H2,(H,31,35). The minimum Gasteiger partial charge on any atom is -0.490 e. The van der Waals surface area contributed by atoms with Gasteiger partial charge in [0.25, 0.3) is 0 Å². The van der Waals surface area contributed by atoms with E-state index in [4.69, 9.17) is 17.0 Å². The quantitative estimate of drug-likeness (QED) is 0.353. The van der Waals surface area contributed by atoms with Crippen LogP contribution in [0, 0.1) is 0 Å². The molecule has 3 aromatic heterocycles. The fourth-order valence-electron chi connectivity index (χ4n) is 5.18. The second kappa shape index (κ2) is 9.50. The second-order valence-electron chi connectivity index (χ2n) is 9.03. The van der Waals surface area contributed by atoms with E-state index in [2.05, 4.69) is 73.4 Å². The Labute approximate surface area is 210 Å². The molecule has 1 saturated carbocycles. The number of nitrogens with zero attached hydrogens (tertiary/aromatic N) is 4. The molecule has 0 spiro atoms. The van der Waals surface area contributed by atoms with Crippen LogP contribution in [-0.2, 0) is 0 Å². The third-order valence-corrected chi connectivity index (χ3v) is 7.14. The highest BCUT2D eigenvalue weighted by Crippen LogP contribution is 2.42. The average Bonchev–Trinajstić information content (AvgIpc) is 3.66. The number of ether oxygens (including phenoxy) is 1. The third-order valence-electron chi connectivity index (χ3n) is 6.83. The maximum Gasteiger partial charge on any atom is 0.174 e. The Balaban J connectivity index is 1.39. The predicted molar refractivity (Wildman–Crippen MR) is 141 cm³/mol. The lowest BCUT2D eigenvalue weighted by Gasteiger charge is -2.29. The third kappa shape index (κ3) is 4.28. The van der Waals surface area contributed by atoms with Crippen LogP contribution in [0.5, 0.6) is 5.75 Å². The van der Waals surface area contributed by atoms with Crippen LogP contribution in [0.4, 0.5) is 5.69 Å². The zero-order valence-electron chi connectivity index (χ0n) is 19.3. The lowest BCUT2D eigenvalue weighted by atomic mass is 10.0. The van der Waals surface area contributed by atoms with Gasteiger partial charge in [0.15, 0.2) is 5.11 Å². The summed E-state index contributed by atoms with van der Waals surface area (Å²) in [5.74, 6) is 0.912. The van der Waals surface area contributed by atoms with E-state index in [1.54, 1.807) is 6.20 Å². The van der Waals surface area contributed by atoms with E-state index in [1.165, 1.54) is 12.8 Å². The number of anilines is 1. The lowest BCUT2D eigenvalue weighted by Crippen LogP contribution is -2.30. The maximum atomic E-state index is 6.20. The molecule has 1 aromatic carbocycles. The van der Waals surface area contributed by atoms with Crippen LogP contribution < -0.4 is 15.0 Å². The summed E-state index contributed by atoms with van der Waals surface area (Å²) in [6.45, 7) is 0. The molecule has 1 saturated heterocycles. The summed E-state index contributed by atoms with van der Waals surface area (Å²) in [4.78, 5) is 11.2. The first kappa shape index (κ1) is 21.8. The van der Waals surface area contributed by atoms with Crippen LogP contribution >= 0.6 is 12.2 Å². The molecule has 4 heterocycles. The van der Waals surface area contributed by atoms with Gasteiger partial charge in [-0.15, -0.1) is 0 Å². The number of nitrogens with one attached hydrogen (secondary N) is 1. The molecule has 0 amide bonds. The van der Waals surface area contributed by atoms with Crippen LogP contribution in [0.2, 0.25) is 0 Å². The molecule has 35 heavy (non-hydrogen) atoms. The SMILES string of the molecule is S=C1NC(c2ccccn2)C(c2cccn2-c2cccnc2)N1c1ccc(OC2CCCC2)cc1. The molecular formula is C28H27N5OS. The van der Waals surface area contributed by atoms with Crippen molar-refractivity contribution in [2.24, 2.45) is 0 Å². The van der Waals surface area contributed by atoms with Crippen LogP contribution in [0.25, 0.3) is 5.69 Å². The molecular weight excluding hydrogens is 454 g/mol. The largest absolute Gasteiger partial charge is 0.490 e. The normalized spacial score (nSPS) is 20.2. The second-order valence-corrected chi connectivity index (χ2v) is 9.42. The zero-order valence-corrected chi connectivity index (χ0v) is 20.1. The van der Waals surface area contributed by atoms with Crippen molar-refractivity contribution in [2.45, 2.75) is 43.9 Å². The first-order valence-corrected chi connectivity index (χ1v) is 12.5. The molecule has 0 radical (unpaired) electrons. The minimum absolute atomic E-state index is 0.103. The van der Waals surface area contributed by atoms with Gasteiger partial charge in [-0.25, -0.2) is 0 Å². The van der Waals surface area contributed by atoms with Crippen molar-refractivity contribution in [2.75, 3.05) is 4.90 Å². The highest BCUT2D eigenvalue weighted by Gasteiger charge is 2.42. The van der Waals surface area contributed by atoms with E-state index in [9.17, 15) is 0 Å². The van der Waals surface area contributed by atoms with Gasteiger partial charge in [0.1, 0.15) is 11.8 Å². The topological polar surface area (TPSA) is 55.2 Å². The first-order valence-electron chi connectivity index (χ1n) is 12.1. The highest BCUT2D eigenvalue weighted by molar-refractivity contribution is 7.80. The first-order chi connectivity index (χ1) is 17.3. The number of pyridine rings is 2. The molecule has 1 aliphatic heterocycles. The van der Waals surface area contributed by atoms with Crippen LogP contribution in [-0.4, -0.2) is 25.8 Å². The molecule has 4 aromatic rings. The fourth-order valence-corrected chi connectivity index (χ4v) is 5.53. The lowest BCUT2D eigenvalue weighted by molar-refractivity contribution is 0.210. The van der Waals surface area contributed by atoms with E-state index < -0.39 is 0 Å². The van der Waals surface area contributed by atoms with E-state index in [1.807, 2.05) is 36.7 Å². The Morgan fingerprint density at radius 2 is 1.74 bits per heavy atom. The van der Waals surface area contributed by atoms with E-state index in [-0.39, 0.29) is 12.1 Å². The number of aromatic nitrogens is 3. The van der Waals surface area contributed by atoms with Gasteiger partial charge >= 0.3 is 0 Å². The average molecular weight is 482 g/mol. The molecule has 1 aliphatic carbocycles. The summed E-state index contributed by atoms with van der Waals surface area (Å²) in [6.07, 6.45) is 12.7. The summed E-state index contributed by atoms with van der Waals surface area (Å²) in [7, 11) is 0. The predicted octanol–water partition coefficient (Wildman–Crippen LogP) is 5.77. The van der Waals surface area contributed by atoms with Gasteiger partial charge in [-0.1, -0.05) is 6.07 Å². The van der Waals surface area contributed by atoms with Crippen LogP contribution in [0.15, 0.2) is 91.5 Å². The highest BCUT2D eigenvalue weighted by atomic mass is 32.1. The van der Waals surface area contributed by atoms with Gasteiger partial charge < -0.3 is 19.5 Å². The van der Waals surface area contributed by atoms with Crippen molar-refractivity contribution < 1.29 is 4.74 Å².